The van der Waals surface area contributed by atoms with E-state index >= 15 is 0 Å². The first-order valence-electron chi connectivity index (χ1n) is 6.94. The largest absolute Gasteiger partial charge is 0.489 e. The molecule has 0 heterocycles. The van der Waals surface area contributed by atoms with Crippen molar-refractivity contribution >= 4 is 11.6 Å². The van der Waals surface area contributed by atoms with E-state index in [1.54, 1.807) is 7.11 Å². The second-order valence-corrected chi connectivity index (χ2v) is 5.13. The van der Waals surface area contributed by atoms with Gasteiger partial charge in [0, 0.05) is 30.8 Å². The minimum atomic E-state index is 0.549. The number of nitrogens with one attached hydrogen (secondary N) is 1. The van der Waals surface area contributed by atoms with E-state index < -0.39 is 0 Å². The molecule has 21 heavy (non-hydrogen) atoms. The van der Waals surface area contributed by atoms with E-state index in [1.807, 2.05) is 48.5 Å². The lowest BCUT2D eigenvalue weighted by Crippen LogP contribution is -2.19. The molecule has 0 aliphatic heterocycles. The van der Waals surface area contributed by atoms with Gasteiger partial charge in [-0.3, -0.25) is 0 Å². The van der Waals surface area contributed by atoms with Gasteiger partial charge >= 0.3 is 0 Å². The van der Waals surface area contributed by atoms with Crippen molar-refractivity contribution in [3.63, 3.8) is 0 Å². The van der Waals surface area contributed by atoms with Gasteiger partial charge in [0.25, 0.3) is 0 Å². The standard InChI is InChI=1S/C17H20ClNO2/c1-20-10-9-19-12-15-11-16(18)7-8-17(15)21-13-14-5-3-2-4-6-14/h2-8,11,19H,9-10,12-13H2,1H3. The van der Waals surface area contributed by atoms with Gasteiger partial charge < -0.3 is 14.8 Å². The quantitative estimate of drug-likeness (QED) is 0.755. The van der Waals surface area contributed by atoms with Crippen molar-refractivity contribution in [3.05, 3.63) is 64.7 Å². The molecule has 0 spiro atoms. The highest BCUT2D eigenvalue weighted by Crippen LogP contribution is 2.23. The minimum absolute atomic E-state index is 0.549. The molecule has 2 aromatic carbocycles. The minimum Gasteiger partial charge on any atom is -0.489 e. The molecule has 0 bridgehead atoms. The summed E-state index contributed by atoms with van der Waals surface area (Å²) in [5.74, 6) is 0.855. The maximum atomic E-state index is 6.07. The molecular formula is C17H20ClNO2. The monoisotopic (exact) mass is 305 g/mol. The molecule has 0 aliphatic carbocycles. The fourth-order valence-corrected chi connectivity index (χ4v) is 2.15. The summed E-state index contributed by atoms with van der Waals surface area (Å²) in [4.78, 5) is 0. The first kappa shape index (κ1) is 15.8. The molecular weight excluding hydrogens is 286 g/mol. The van der Waals surface area contributed by atoms with Crippen LogP contribution in [0.3, 0.4) is 0 Å². The lowest BCUT2D eigenvalue weighted by molar-refractivity contribution is 0.199. The molecule has 0 saturated heterocycles. The summed E-state index contributed by atoms with van der Waals surface area (Å²) < 4.78 is 10.9. The van der Waals surface area contributed by atoms with Crippen LogP contribution in [0.2, 0.25) is 5.02 Å². The van der Waals surface area contributed by atoms with E-state index in [2.05, 4.69) is 5.32 Å². The molecule has 2 rings (SSSR count). The Morgan fingerprint density at radius 3 is 2.67 bits per heavy atom. The summed E-state index contributed by atoms with van der Waals surface area (Å²) in [5.41, 5.74) is 2.19. The van der Waals surface area contributed by atoms with Gasteiger partial charge in [-0.05, 0) is 23.8 Å². The number of benzene rings is 2. The Morgan fingerprint density at radius 2 is 1.90 bits per heavy atom. The maximum absolute atomic E-state index is 6.07. The fraction of sp³-hybridized carbons (Fsp3) is 0.294. The van der Waals surface area contributed by atoms with E-state index in [0.717, 1.165) is 23.4 Å². The molecule has 4 heteroatoms. The van der Waals surface area contributed by atoms with Gasteiger partial charge in [-0.1, -0.05) is 41.9 Å². The van der Waals surface area contributed by atoms with Crippen LogP contribution in [0.4, 0.5) is 0 Å². The molecule has 0 unspecified atom stereocenters. The Bertz CT molecular complexity index is 546. The predicted octanol–water partition coefficient (Wildman–Crippen LogP) is 3.66. The van der Waals surface area contributed by atoms with E-state index in [4.69, 9.17) is 21.1 Å². The third-order valence-electron chi connectivity index (χ3n) is 3.06. The van der Waals surface area contributed by atoms with Gasteiger partial charge in [-0.15, -0.1) is 0 Å². The van der Waals surface area contributed by atoms with E-state index in [0.29, 0.717) is 24.8 Å². The summed E-state index contributed by atoms with van der Waals surface area (Å²) in [5, 5.41) is 4.02. The van der Waals surface area contributed by atoms with E-state index in [1.165, 1.54) is 0 Å². The number of ether oxygens (including phenoxy) is 2. The molecule has 2 aromatic rings. The van der Waals surface area contributed by atoms with Crippen molar-refractivity contribution < 1.29 is 9.47 Å². The van der Waals surface area contributed by atoms with E-state index in [9.17, 15) is 0 Å². The second-order valence-electron chi connectivity index (χ2n) is 4.70. The third-order valence-corrected chi connectivity index (χ3v) is 3.29. The highest BCUT2D eigenvalue weighted by Gasteiger charge is 2.05. The van der Waals surface area contributed by atoms with Crippen molar-refractivity contribution in [1.82, 2.24) is 5.32 Å². The lowest BCUT2D eigenvalue weighted by atomic mass is 10.2. The van der Waals surface area contributed by atoms with Crippen LogP contribution in [-0.2, 0) is 17.9 Å². The summed E-state index contributed by atoms with van der Waals surface area (Å²) >= 11 is 6.07. The number of methoxy groups -OCH3 is 1. The number of rotatable bonds is 8. The van der Waals surface area contributed by atoms with Crippen LogP contribution in [0.1, 0.15) is 11.1 Å². The van der Waals surface area contributed by atoms with Gasteiger partial charge in [0.15, 0.2) is 0 Å². The van der Waals surface area contributed by atoms with Gasteiger partial charge in [0.1, 0.15) is 12.4 Å². The number of halogens is 1. The highest BCUT2D eigenvalue weighted by molar-refractivity contribution is 6.30. The smallest absolute Gasteiger partial charge is 0.124 e. The van der Waals surface area contributed by atoms with Crippen LogP contribution in [0, 0.1) is 0 Å². The molecule has 0 radical (unpaired) electrons. The molecule has 0 fully saturated rings. The van der Waals surface area contributed by atoms with Crippen molar-refractivity contribution in [2.24, 2.45) is 0 Å². The molecule has 0 amide bonds. The zero-order chi connectivity index (χ0) is 14.9. The molecule has 1 N–H and O–H groups in total. The van der Waals surface area contributed by atoms with Crippen LogP contribution in [0.25, 0.3) is 0 Å². The first-order valence-corrected chi connectivity index (χ1v) is 7.32. The fourth-order valence-electron chi connectivity index (χ4n) is 1.96. The van der Waals surface area contributed by atoms with Crippen molar-refractivity contribution in [2.75, 3.05) is 20.3 Å². The summed E-state index contributed by atoms with van der Waals surface area (Å²) in [6.07, 6.45) is 0. The van der Waals surface area contributed by atoms with Crippen molar-refractivity contribution in [2.45, 2.75) is 13.2 Å². The SMILES string of the molecule is COCCNCc1cc(Cl)ccc1OCc1ccccc1. The average Bonchev–Trinajstić information content (AvgIpc) is 2.52. The van der Waals surface area contributed by atoms with Gasteiger partial charge in [0.05, 0.1) is 6.61 Å². The Hall–Kier alpha value is -1.55. The van der Waals surface area contributed by atoms with Crippen LogP contribution in [0.15, 0.2) is 48.5 Å². The van der Waals surface area contributed by atoms with Crippen molar-refractivity contribution in [1.29, 1.82) is 0 Å². The third kappa shape index (κ3) is 5.38. The Balaban J connectivity index is 1.97. The normalized spacial score (nSPS) is 10.6. The van der Waals surface area contributed by atoms with Gasteiger partial charge in [-0.25, -0.2) is 0 Å². The topological polar surface area (TPSA) is 30.5 Å². The van der Waals surface area contributed by atoms with Gasteiger partial charge in [-0.2, -0.15) is 0 Å². The molecule has 0 atom stereocenters. The Kier molecular flexibility index (Phi) is 6.54. The van der Waals surface area contributed by atoms with Crippen LogP contribution in [-0.4, -0.2) is 20.3 Å². The predicted molar refractivity (Wildman–Crippen MR) is 85.8 cm³/mol. The molecule has 0 aliphatic rings. The van der Waals surface area contributed by atoms with Crippen LogP contribution in [0.5, 0.6) is 5.75 Å². The van der Waals surface area contributed by atoms with Crippen LogP contribution >= 0.6 is 11.6 Å². The molecule has 3 nitrogen and oxygen atoms in total. The van der Waals surface area contributed by atoms with Crippen molar-refractivity contribution in [3.8, 4) is 5.75 Å². The van der Waals surface area contributed by atoms with E-state index in [-0.39, 0.29) is 0 Å². The zero-order valence-electron chi connectivity index (χ0n) is 12.1. The Labute approximate surface area is 130 Å². The first-order chi connectivity index (χ1) is 10.3. The average molecular weight is 306 g/mol. The summed E-state index contributed by atoms with van der Waals surface area (Å²) in [6.45, 7) is 2.73. The molecule has 0 saturated carbocycles. The summed E-state index contributed by atoms with van der Waals surface area (Å²) in [7, 11) is 1.69. The Morgan fingerprint density at radius 1 is 1.10 bits per heavy atom. The summed E-state index contributed by atoms with van der Waals surface area (Å²) in [6, 6.07) is 15.8. The second kappa shape index (κ2) is 8.67. The number of hydrogen-bond acceptors (Lipinski definition) is 3. The zero-order valence-corrected chi connectivity index (χ0v) is 12.9. The highest BCUT2D eigenvalue weighted by atomic mass is 35.5. The number of hydrogen-bond donors (Lipinski definition) is 1. The van der Waals surface area contributed by atoms with Crippen LogP contribution < -0.4 is 10.1 Å². The molecule has 112 valence electrons. The lowest BCUT2D eigenvalue weighted by Gasteiger charge is -2.13. The van der Waals surface area contributed by atoms with Gasteiger partial charge in [0.2, 0.25) is 0 Å². The maximum Gasteiger partial charge on any atom is 0.124 e. The molecule has 0 aromatic heterocycles.